The van der Waals surface area contributed by atoms with E-state index in [0.29, 0.717) is 6.61 Å². The second-order valence-electron chi connectivity index (χ2n) is 5.60. The number of halogens is 1. The molecule has 1 unspecified atom stereocenters. The van der Waals surface area contributed by atoms with Gasteiger partial charge in [-0.15, -0.1) is 0 Å². The lowest BCUT2D eigenvalue weighted by atomic mass is 10.0. The predicted octanol–water partition coefficient (Wildman–Crippen LogP) is 2.33. The van der Waals surface area contributed by atoms with E-state index in [1.807, 2.05) is 13.8 Å². The summed E-state index contributed by atoms with van der Waals surface area (Å²) < 4.78 is 44.6. The van der Waals surface area contributed by atoms with E-state index in [2.05, 4.69) is 0 Å². The molecule has 0 spiro atoms. The average Bonchev–Trinajstić information content (AvgIpc) is 2.39. The summed E-state index contributed by atoms with van der Waals surface area (Å²) in [4.78, 5) is 0. The van der Waals surface area contributed by atoms with Crippen molar-refractivity contribution in [2.75, 3.05) is 18.9 Å². The molecule has 1 atom stereocenters. The number of benzene rings is 1. The lowest BCUT2D eigenvalue weighted by molar-refractivity contribution is -0.0654. The second-order valence-corrected chi connectivity index (χ2v) is 7.78. The van der Waals surface area contributed by atoms with Crippen LogP contribution in [0.1, 0.15) is 32.4 Å². The molecular weight excluding hydrogens is 281 g/mol. The first-order valence-electron chi connectivity index (χ1n) is 6.64. The number of sulfonamides is 1. The van der Waals surface area contributed by atoms with Gasteiger partial charge in [0.05, 0.1) is 24.0 Å². The highest BCUT2D eigenvalue weighted by Crippen LogP contribution is 2.32. The van der Waals surface area contributed by atoms with Crippen molar-refractivity contribution in [1.82, 2.24) is 4.31 Å². The van der Waals surface area contributed by atoms with Crippen LogP contribution in [0.25, 0.3) is 0 Å². The molecule has 1 heterocycles. The molecule has 1 saturated heterocycles. The fraction of sp³-hybridized carbons (Fsp3) is 0.571. The van der Waals surface area contributed by atoms with Gasteiger partial charge in [-0.05, 0) is 38.5 Å². The van der Waals surface area contributed by atoms with Gasteiger partial charge in [0.25, 0.3) is 0 Å². The van der Waals surface area contributed by atoms with Gasteiger partial charge in [-0.2, -0.15) is 4.31 Å². The van der Waals surface area contributed by atoms with Crippen LogP contribution in [0, 0.1) is 5.82 Å². The van der Waals surface area contributed by atoms with Crippen molar-refractivity contribution >= 4 is 10.0 Å². The molecule has 4 nitrogen and oxygen atoms in total. The van der Waals surface area contributed by atoms with Crippen LogP contribution >= 0.6 is 0 Å². The Balaban J connectivity index is 2.27. The molecule has 20 heavy (non-hydrogen) atoms. The molecule has 1 aromatic rings. The maximum atomic E-state index is 13.0. The van der Waals surface area contributed by atoms with Gasteiger partial charge in [0, 0.05) is 6.54 Å². The van der Waals surface area contributed by atoms with Crippen LogP contribution in [0.3, 0.4) is 0 Å². The molecule has 0 bridgehead atoms. The van der Waals surface area contributed by atoms with Crippen molar-refractivity contribution in [3.63, 3.8) is 0 Å². The quantitative estimate of drug-likeness (QED) is 0.861. The van der Waals surface area contributed by atoms with Crippen LogP contribution in [-0.2, 0) is 14.8 Å². The average molecular weight is 301 g/mol. The van der Waals surface area contributed by atoms with Gasteiger partial charge in [-0.1, -0.05) is 12.1 Å². The van der Waals surface area contributed by atoms with Gasteiger partial charge in [0.2, 0.25) is 10.0 Å². The Hall–Kier alpha value is -0.980. The van der Waals surface area contributed by atoms with E-state index < -0.39 is 15.6 Å². The highest BCUT2D eigenvalue weighted by molar-refractivity contribution is 7.89. The Labute approximate surface area is 119 Å². The predicted molar refractivity (Wildman–Crippen MR) is 75.3 cm³/mol. The van der Waals surface area contributed by atoms with E-state index in [0.717, 1.165) is 5.56 Å². The summed E-state index contributed by atoms with van der Waals surface area (Å²) in [6.45, 7) is 5.90. The minimum atomic E-state index is -3.30. The summed E-state index contributed by atoms with van der Waals surface area (Å²) in [6, 6.07) is 5.98. The zero-order chi connectivity index (χ0) is 15.0. The van der Waals surface area contributed by atoms with Crippen molar-refractivity contribution in [3.8, 4) is 0 Å². The summed E-state index contributed by atoms with van der Waals surface area (Å²) in [5, 5.41) is 0. The number of morpholine rings is 1. The Morgan fingerprint density at radius 3 is 2.50 bits per heavy atom. The summed E-state index contributed by atoms with van der Waals surface area (Å²) in [7, 11) is -3.30. The van der Waals surface area contributed by atoms with E-state index in [4.69, 9.17) is 4.74 Å². The molecule has 0 radical (unpaired) electrons. The van der Waals surface area contributed by atoms with Gasteiger partial charge in [0.1, 0.15) is 5.82 Å². The molecule has 6 heteroatoms. The molecule has 0 N–H and O–H groups in total. The molecule has 1 aliphatic heterocycles. The highest BCUT2D eigenvalue weighted by Gasteiger charge is 2.41. The molecular formula is C14H20FNO3S. The normalized spacial score (nSPS) is 23.7. The zero-order valence-electron chi connectivity index (χ0n) is 12.0. The first-order valence-corrected chi connectivity index (χ1v) is 8.25. The maximum Gasteiger partial charge on any atom is 0.214 e. The molecule has 2 rings (SSSR count). The molecule has 1 aliphatic rings. The lowest BCUT2D eigenvalue weighted by Gasteiger charge is -2.44. The molecule has 1 fully saturated rings. The largest absolute Gasteiger partial charge is 0.370 e. The fourth-order valence-corrected chi connectivity index (χ4v) is 3.83. The summed E-state index contributed by atoms with van der Waals surface area (Å²) in [5.74, 6) is -0.255. The third-order valence-corrected chi connectivity index (χ3v) is 5.63. The van der Waals surface area contributed by atoms with Crippen LogP contribution in [0.4, 0.5) is 4.39 Å². The standard InChI is InChI=1S/C14H20FNO3S/c1-4-20(17,18)16-9-13(19-10-14(16,2)3)11-5-7-12(15)8-6-11/h5-8,13H,4,9-10H2,1-3H3. The fourth-order valence-electron chi connectivity index (χ4n) is 2.35. The number of hydrogen-bond donors (Lipinski definition) is 0. The molecule has 0 saturated carbocycles. The van der Waals surface area contributed by atoms with E-state index in [9.17, 15) is 12.8 Å². The Morgan fingerprint density at radius 1 is 1.35 bits per heavy atom. The third kappa shape index (κ3) is 3.02. The van der Waals surface area contributed by atoms with Gasteiger partial charge >= 0.3 is 0 Å². The van der Waals surface area contributed by atoms with E-state index in [1.165, 1.54) is 16.4 Å². The van der Waals surface area contributed by atoms with Crippen LogP contribution in [0.15, 0.2) is 24.3 Å². The number of hydrogen-bond acceptors (Lipinski definition) is 3. The van der Waals surface area contributed by atoms with Crippen molar-refractivity contribution < 1.29 is 17.5 Å². The minimum Gasteiger partial charge on any atom is -0.370 e. The Kier molecular flexibility index (Phi) is 4.18. The van der Waals surface area contributed by atoms with E-state index >= 15 is 0 Å². The monoisotopic (exact) mass is 301 g/mol. The number of nitrogens with zero attached hydrogens (tertiary/aromatic N) is 1. The van der Waals surface area contributed by atoms with Crippen molar-refractivity contribution in [2.24, 2.45) is 0 Å². The third-order valence-electron chi connectivity index (χ3n) is 3.59. The van der Waals surface area contributed by atoms with Crippen molar-refractivity contribution in [3.05, 3.63) is 35.6 Å². The molecule has 0 aliphatic carbocycles. The first kappa shape index (κ1) is 15.4. The van der Waals surface area contributed by atoms with Gasteiger partial charge in [-0.25, -0.2) is 12.8 Å². The SMILES string of the molecule is CCS(=O)(=O)N1CC(c2ccc(F)cc2)OCC1(C)C. The summed E-state index contributed by atoms with van der Waals surface area (Å²) in [6.07, 6.45) is -0.357. The topological polar surface area (TPSA) is 46.6 Å². The number of rotatable bonds is 3. The molecule has 112 valence electrons. The maximum absolute atomic E-state index is 13.0. The van der Waals surface area contributed by atoms with Crippen molar-refractivity contribution in [2.45, 2.75) is 32.4 Å². The summed E-state index contributed by atoms with van der Waals surface area (Å²) >= 11 is 0. The number of ether oxygens (including phenoxy) is 1. The van der Waals surface area contributed by atoms with Gasteiger partial charge < -0.3 is 4.74 Å². The molecule has 0 amide bonds. The second kappa shape index (κ2) is 5.42. The van der Waals surface area contributed by atoms with Gasteiger partial charge in [0.15, 0.2) is 0 Å². The Bertz CT molecular complexity index is 569. The lowest BCUT2D eigenvalue weighted by Crippen LogP contribution is -2.56. The highest BCUT2D eigenvalue weighted by atomic mass is 32.2. The van der Waals surface area contributed by atoms with Crippen LogP contribution < -0.4 is 0 Å². The van der Waals surface area contributed by atoms with E-state index in [1.54, 1.807) is 19.1 Å². The first-order chi connectivity index (χ1) is 9.26. The Morgan fingerprint density at radius 2 is 1.95 bits per heavy atom. The van der Waals surface area contributed by atoms with Gasteiger partial charge in [-0.3, -0.25) is 0 Å². The van der Waals surface area contributed by atoms with Crippen LogP contribution in [0.5, 0.6) is 0 Å². The minimum absolute atomic E-state index is 0.0621. The van der Waals surface area contributed by atoms with E-state index in [-0.39, 0.29) is 24.2 Å². The van der Waals surface area contributed by atoms with Crippen LogP contribution in [-0.4, -0.2) is 37.2 Å². The molecule has 1 aromatic carbocycles. The molecule has 0 aromatic heterocycles. The smallest absolute Gasteiger partial charge is 0.214 e. The zero-order valence-corrected chi connectivity index (χ0v) is 12.8. The van der Waals surface area contributed by atoms with Crippen molar-refractivity contribution in [1.29, 1.82) is 0 Å². The summed E-state index contributed by atoms with van der Waals surface area (Å²) in [5.41, 5.74) is 0.226. The van der Waals surface area contributed by atoms with Crippen LogP contribution in [0.2, 0.25) is 0 Å².